The second kappa shape index (κ2) is 5.82. The first-order chi connectivity index (χ1) is 9.20. The lowest BCUT2D eigenvalue weighted by atomic mass is 10.1. The maximum Gasteiger partial charge on any atom is 0.189 e. The molecule has 0 aliphatic rings. The Balaban J connectivity index is 2.20. The molecular formula is C15H13NO3. The van der Waals surface area contributed by atoms with Crippen LogP contribution in [0.2, 0.25) is 0 Å². The van der Waals surface area contributed by atoms with E-state index >= 15 is 0 Å². The third-order valence-corrected chi connectivity index (χ3v) is 2.62. The first kappa shape index (κ1) is 12.8. The minimum atomic E-state index is -0.268. The molecule has 0 fully saturated rings. The van der Waals surface area contributed by atoms with Gasteiger partial charge in [0.05, 0.1) is 7.11 Å². The number of benzene rings is 1. The van der Waals surface area contributed by atoms with Gasteiger partial charge in [-0.05, 0) is 36.4 Å². The minimum absolute atomic E-state index is 0.0792. The summed E-state index contributed by atoms with van der Waals surface area (Å²) in [4.78, 5) is 15.7. The Bertz CT molecular complexity index is 589. The van der Waals surface area contributed by atoms with Crippen LogP contribution in [0.4, 0.5) is 0 Å². The first-order valence-corrected chi connectivity index (χ1v) is 5.70. The third kappa shape index (κ3) is 3.19. The maximum atomic E-state index is 11.9. The van der Waals surface area contributed by atoms with Gasteiger partial charge in [0.1, 0.15) is 11.5 Å². The Labute approximate surface area is 111 Å². The summed E-state index contributed by atoms with van der Waals surface area (Å²) in [5.41, 5.74) is 1.04. The molecule has 0 unspecified atom stereocenters. The summed E-state index contributed by atoms with van der Waals surface area (Å²) in [5, 5.41) is 9.90. The largest absolute Gasteiger partial charge is 0.507 e. The first-order valence-electron chi connectivity index (χ1n) is 5.70. The number of allylic oxidation sites excluding steroid dienone is 1. The lowest BCUT2D eigenvalue weighted by Gasteiger charge is -2.02. The summed E-state index contributed by atoms with van der Waals surface area (Å²) in [7, 11) is 1.57. The number of ether oxygens (including phenoxy) is 1. The van der Waals surface area contributed by atoms with Crippen LogP contribution in [0, 0.1) is 0 Å². The predicted octanol–water partition coefficient (Wildman–Crippen LogP) is 2.87. The van der Waals surface area contributed by atoms with E-state index < -0.39 is 0 Å². The molecule has 96 valence electrons. The second-order valence-corrected chi connectivity index (χ2v) is 3.86. The van der Waals surface area contributed by atoms with Crippen molar-refractivity contribution in [1.29, 1.82) is 0 Å². The SMILES string of the molecule is COc1ccc(C(O)=CC(=O)c2ccncc2)cc1. The molecule has 4 nitrogen and oxygen atoms in total. The van der Waals surface area contributed by atoms with Crippen molar-refractivity contribution in [3.8, 4) is 5.75 Å². The number of aliphatic hydroxyl groups excluding tert-OH is 1. The standard InChI is InChI=1S/C15H13NO3/c1-19-13-4-2-11(3-5-13)14(17)10-15(18)12-6-8-16-9-7-12/h2-10,17H,1H3. The Morgan fingerprint density at radius 1 is 1.11 bits per heavy atom. The van der Waals surface area contributed by atoms with Crippen LogP contribution >= 0.6 is 0 Å². The van der Waals surface area contributed by atoms with Crippen molar-refractivity contribution in [2.24, 2.45) is 0 Å². The molecule has 0 saturated heterocycles. The number of rotatable bonds is 4. The zero-order valence-corrected chi connectivity index (χ0v) is 10.4. The average molecular weight is 255 g/mol. The van der Waals surface area contributed by atoms with E-state index in [1.165, 1.54) is 18.5 Å². The van der Waals surface area contributed by atoms with Gasteiger partial charge >= 0.3 is 0 Å². The predicted molar refractivity (Wildman–Crippen MR) is 72.2 cm³/mol. The number of ketones is 1. The number of aliphatic hydroxyl groups is 1. The molecule has 4 heteroatoms. The van der Waals surface area contributed by atoms with Gasteiger partial charge in [0.2, 0.25) is 0 Å². The van der Waals surface area contributed by atoms with Gasteiger partial charge in [-0.2, -0.15) is 0 Å². The summed E-state index contributed by atoms with van der Waals surface area (Å²) >= 11 is 0. The molecule has 1 aromatic carbocycles. The van der Waals surface area contributed by atoms with Crippen LogP contribution in [0.1, 0.15) is 15.9 Å². The van der Waals surface area contributed by atoms with E-state index in [0.29, 0.717) is 16.9 Å². The number of carbonyl (C=O) groups excluding carboxylic acids is 1. The summed E-state index contributed by atoms with van der Waals surface area (Å²) < 4.78 is 5.02. The second-order valence-electron chi connectivity index (χ2n) is 3.86. The molecule has 1 heterocycles. The maximum absolute atomic E-state index is 11.9. The zero-order valence-electron chi connectivity index (χ0n) is 10.4. The smallest absolute Gasteiger partial charge is 0.189 e. The molecule has 0 bridgehead atoms. The molecule has 0 amide bonds. The lowest BCUT2D eigenvalue weighted by molar-refractivity contribution is 0.104. The summed E-state index contributed by atoms with van der Waals surface area (Å²) in [6, 6.07) is 10.0. The van der Waals surface area contributed by atoms with E-state index in [1.54, 1.807) is 43.5 Å². The van der Waals surface area contributed by atoms with E-state index in [2.05, 4.69) is 4.98 Å². The molecule has 2 rings (SSSR count). The van der Waals surface area contributed by atoms with E-state index in [4.69, 9.17) is 4.74 Å². The van der Waals surface area contributed by atoms with Crippen molar-refractivity contribution >= 4 is 11.5 Å². The van der Waals surface area contributed by atoms with Crippen molar-refractivity contribution in [2.75, 3.05) is 7.11 Å². The van der Waals surface area contributed by atoms with Crippen molar-refractivity contribution < 1.29 is 14.6 Å². The van der Waals surface area contributed by atoms with Crippen LogP contribution < -0.4 is 4.74 Å². The number of nitrogens with zero attached hydrogens (tertiary/aromatic N) is 1. The van der Waals surface area contributed by atoms with Gasteiger partial charge in [0.25, 0.3) is 0 Å². The number of hydrogen-bond donors (Lipinski definition) is 1. The molecule has 0 aliphatic carbocycles. The molecule has 1 N–H and O–H groups in total. The van der Waals surface area contributed by atoms with Crippen LogP contribution in [-0.2, 0) is 0 Å². The topological polar surface area (TPSA) is 59.4 Å². The number of pyridine rings is 1. The molecule has 0 radical (unpaired) electrons. The Morgan fingerprint density at radius 3 is 2.32 bits per heavy atom. The lowest BCUT2D eigenvalue weighted by Crippen LogP contribution is -1.96. The Kier molecular flexibility index (Phi) is 3.93. The molecule has 19 heavy (non-hydrogen) atoms. The average Bonchev–Trinajstić information content (AvgIpc) is 2.48. The summed E-state index contributed by atoms with van der Waals surface area (Å²) in [5.74, 6) is 0.345. The fourth-order valence-corrected chi connectivity index (χ4v) is 1.57. The van der Waals surface area contributed by atoms with E-state index in [0.717, 1.165) is 0 Å². The molecular weight excluding hydrogens is 242 g/mol. The molecule has 2 aromatic rings. The van der Waals surface area contributed by atoms with Crippen LogP contribution in [0.25, 0.3) is 5.76 Å². The van der Waals surface area contributed by atoms with Gasteiger partial charge < -0.3 is 9.84 Å². The van der Waals surface area contributed by atoms with Gasteiger partial charge in [-0.15, -0.1) is 0 Å². The zero-order chi connectivity index (χ0) is 13.7. The van der Waals surface area contributed by atoms with E-state index in [1.807, 2.05) is 0 Å². The normalized spacial score (nSPS) is 11.1. The quantitative estimate of drug-likeness (QED) is 0.518. The van der Waals surface area contributed by atoms with Crippen LogP contribution in [0.15, 0.2) is 54.9 Å². The van der Waals surface area contributed by atoms with E-state index in [9.17, 15) is 9.90 Å². The highest BCUT2D eigenvalue weighted by Crippen LogP contribution is 2.17. The van der Waals surface area contributed by atoms with Crippen LogP contribution in [0.5, 0.6) is 5.75 Å². The molecule has 0 saturated carbocycles. The summed E-state index contributed by atoms with van der Waals surface area (Å²) in [6.45, 7) is 0. The number of carbonyl (C=O) groups is 1. The highest BCUT2D eigenvalue weighted by Gasteiger charge is 2.06. The van der Waals surface area contributed by atoms with Gasteiger partial charge in [0.15, 0.2) is 5.78 Å². The van der Waals surface area contributed by atoms with Gasteiger partial charge in [-0.3, -0.25) is 9.78 Å². The monoisotopic (exact) mass is 255 g/mol. The fraction of sp³-hybridized carbons (Fsp3) is 0.0667. The number of aromatic nitrogens is 1. The Hall–Kier alpha value is -2.62. The summed E-state index contributed by atoms with van der Waals surface area (Å²) in [6.07, 6.45) is 4.26. The highest BCUT2D eigenvalue weighted by molar-refractivity contribution is 6.07. The molecule has 0 atom stereocenters. The molecule has 0 aliphatic heterocycles. The van der Waals surface area contributed by atoms with Gasteiger partial charge in [-0.25, -0.2) is 0 Å². The minimum Gasteiger partial charge on any atom is -0.507 e. The van der Waals surface area contributed by atoms with Gasteiger partial charge in [-0.1, -0.05) is 0 Å². The van der Waals surface area contributed by atoms with E-state index in [-0.39, 0.29) is 11.5 Å². The fourth-order valence-electron chi connectivity index (χ4n) is 1.57. The number of hydrogen-bond acceptors (Lipinski definition) is 4. The highest BCUT2D eigenvalue weighted by atomic mass is 16.5. The van der Waals surface area contributed by atoms with Gasteiger partial charge in [0, 0.05) is 29.6 Å². The molecule has 1 aromatic heterocycles. The third-order valence-electron chi connectivity index (χ3n) is 2.62. The molecule has 0 spiro atoms. The van der Waals surface area contributed by atoms with Crippen molar-refractivity contribution in [1.82, 2.24) is 4.98 Å². The van der Waals surface area contributed by atoms with Crippen molar-refractivity contribution in [3.63, 3.8) is 0 Å². The van der Waals surface area contributed by atoms with Crippen molar-refractivity contribution in [2.45, 2.75) is 0 Å². The Morgan fingerprint density at radius 2 is 1.74 bits per heavy atom. The number of methoxy groups -OCH3 is 1. The van der Waals surface area contributed by atoms with Crippen molar-refractivity contribution in [3.05, 3.63) is 66.0 Å². The van der Waals surface area contributed by atoms with Crippen LogP contribution in [-0.4, -0.2) is 23.0 Å². The van der Waals surface area contributed by atoms with Crippen LogP contribution in [0.3, 0.4) is 0 Å².